The highest BCUT2D eigenvalue weighted by Gasteiger charge is 2.36. The molecule has 1 atom stereocenters. The molecule has 0 fully saturated rings. The van der Waals surface area contributed by atoms with Crippen LogP contribution in [-0.4, -0.2) is 44.0 Å². The topological polar surface area (TPSA) is 75.4 Å². The zero-order valence-corrected chi connectivity index (χ0v) is 13.7. The molecular weight excluding hydrogens is 318 g/mol. The number of rotatable bonds is 4. The smallest absolute Gasteiger partial charge is 0.261 e. The van der Waals surface area contributed by atoms with Crippen LogP contribution in [0.3, 0.4) is 0 Å². The molecule has 126 valence electrons. The summed E-state index contributed by atoms with van der Waals surface area (Å²) in [6.07, 6.45) is -0.876. The summed E-state index contributed by atoms with van der Waals surface area (Å²) in [5.41, 5.74) is 2.56. The number of aryl methyl sites for hydroxylation is 1. The number of para-hydroxylation sites is 2. The molecule has 4 rings (SSSR count). The molecule has 1 aromatic heterocycles. The van der Waals surface area contributed by atoms with Crippen LogP contribution >= 0.6 is 0 Å². The van der Waals surface area contributed by atoms with Crippen molar-refractivity contribution in [1.29, 1.82) is 0 Å². The summed E-state index contributed by atoms with van der Waals surface area (Å²) in [5.74, 6) is 0.0707. The summed E-state index contributed by atoms with van der Waals surface area (Å²) < 4.78 is 1.90. The lowest BCUT2D eigenvalue weighted by molar-refractivity contribution is 0.0522. The third-order valence-electron chi connectivity index (χ3n) is 4.51. The summed E-state index contributed by atoms with van der Waals surface area (Å²) in [5, 5.41) is 10.5. The number of aliphatic hydroxyl groups excluding tert-OH is 1. The Morgan fingerprint density at radius 2 is 1.56 bits per heavy atom. The molecule has 6 heteroatoms. The second-order valence-electron chi connectivity index (χ2n) is 6.18. The summed E-state index contributed by atoms with van der Waals surface area (Å²) in [6, 6.07) is 14.4. The van der Waals surface area contributed by atoms with E-state index >= 15 is 0 Å². The maximum absolute atomic E-state index is 12.4. The monoisotopic (exact) mass is 335 g/mol. The molecule has 0 spiro atoms. The van der Waals surface area contributed by atoms with E-state index in [2.05, 4.69) is 4.98 Å². The van der Waals surface area contributed by atoms with Gasteiger partial charge < -0.3 is 9.67 Å². The van der Waals surface area contributed by atoms with E-state index in [0.717, 1.165) is 21.8 Å². The van der Waals surface area contributed by atoms with Crippen LogP contribution < -0.4 is 0 Å². The molecular formula is C19H17N3O3. The fourth-order valence-electron chi connectivity index (χ4n) is 3.31. The van der Waals surface area contributed by atoms with Crippen molar-refractivity contribution in [3.63, 3.8) is 0 Å². The number of aromatic nitrogens is 2. The lowest BCUT2D eigenvalue weighted by Gasteiger charge is -2.19. The van der Waals surface area contributed by atoms with E-state index in [9.17, 15) is 14.7 Å². The highest BCUT2D eigenvalue weighted by molar-refractivity contribution is 6.21. The lowest BCUT2D eigenvalue weighted by atomic mass is 10.1. The van der Waals surface area contributed by atoms with E-state index in [4.69, 9.17) is 0 Å². The Labute approximate surface area is 144 Å². The van der Waals surface area contributed by atoms with Crippen LogP contribution in [0.4, 0.5) is 0 Å². The number of aliphatic hydroxyl groups is 1. The number of fused-ring (bicyclic) bond motifs is 2. The van der Waals surface area contributed by atoms with Gasteiger partial charge in [0, 0.05) is 0 Å². The van der Waals surface area contributed by atoms with Crippen molar-refractivity contribution < 1.29 is 14.7 Å². The second kappa shape index (κ2) is 5.82. The van der Waals surface area contributed by atoms with Gasteiger partial charge in [0.2, 0.25) is 0 Å². The van der Waals surface area contributed by atoms with E-state index in [1.165, 1.54) is 0 Å². The van der Waals surface area contributed by atoms with E-state index in [1.807, 2.05) is 35.8 Å². The fourth-order valence-corrected chi connectivity index (χ4v) is 3.31. The minimum absolute atomic E-state index is 0.0434. The number of β-amino-alcohol motifs (C(OH)–C–C–N with tert-alkyl or cyclic N) is 1. The first kappa shape index (κ1) is 15.5. The Bertz CT molecular complexity index is 957. The van der Waals surface area contributed by atoms with Crippen LogP contribution in [0.25, 0.3) is 11.0 Å². The molecule has 0 radical (unpaired) electrons. The molecule has 6 nitrogen and oxygen atoms in total. The van der Waals surface area contributed by atoms with Gasteiger partial charge in [0.05, 0.1) is 41.4 Å². The Kier molecular flexibility index (Phi) is 3.62. The maximum atomic E-state index is 12.4. The Hall–Kier alpha value is -2.99. The van der Waals surface area contributed by atoms with Crippen molar-refractivity contribution in [3.8, 4) is 0 Å². The van der Waals surface area contributed by atoms with Gasteiger partial charge in [-0.15, -0.1) is 0 Å². The number of amides is 2. The minimum atomic E-state index is -0.876. The number of carbonyl (C=O) groups excluding carboxylic acids is 2. The molecule has 2 aromatic carbocycles. The van der Waals surface area contributed by atoms with Gasteiger partial charge in [-0.05, 0) is 31.2 Å². The quantitative estimate of drug-likeness (QED) is 0.740. The lowest BCUT2D eigenvalue weighted by Crippen LogP contribution is -2.38. The average Bonchev–Trinajstić information content (AvgIpc) is 3.05. The zero-order chi connectivity index (χ0) is 17.6. The molecule has 1 N–H and O–H groups in total. The number of benzene rings is 2. The van der Waals surface area contributed by atoms with E-state index in [1.54, 1.807) is 24.3 Å². The van der Waals surface area contributed by atoms with Crippen molar-refractivity contribution in [1.82, 2.24) is 14.5 Å². The molecule has 0 aliphatic carbocycles. The molecule has 2 amide bonds. The normalized spacial score (nSPS) is 15.0. The number of imidazole rings is 1. The first-order chi connectivity index (χ1) is 12.1. The largest absolute Gasteiger partial charge is 0.389 e. The fraction of sp³-hybridized carbons (Fsp3) is 0.211. The molecule has 3 aromatic rings. The predicted octanol–water partition coefficient (Wildman–Crippen LogP) is 2.00. The van der Waals surface area contributed by atoms with Gasteiger partial charge in [-0.25, -0.2) is 4.98 Å². The van der Waals surface area contributed by atoms with Crippen molar-refractivity contribution in [3.05, 3.63) is 65.5 Å². The van der Waals surface area contributed by atoms with Crippen LogP contribution in [0.2, 0.25) is 0 Å². The Balaban J connectivity index is 1.55. The highest BCUT2D eigenvalue weighted by atomic mass is 16.3. The van der Waals surface area contributed by atoms with E-state index in [-0.39, 0.29) is 24.9 Å². The second-order valence-corrected chi connectivity index (χ2v) is 6.18. The van der Waals surface area contributed by atoms with Gasteiger partial charge >= 0.3 is 0 Å². The standard InChI is InChI=1S/C19H17N3O3/c1-12-20-16-8-4-5-9-17(16)21(12)10-13(23)11-22-18(24)14-6-2-3-7-15(14)19(22)25/h2-9,13,23H,10-11H2,1H3. The molecule has 2 heterocycles. The summed E-state index contributed by atoms with van der Waals surface area (Å²) >= 11 is 0. The highest BCUT2D eigenvalue weighted by Crippen LogP contribution is 2.23. The SMILES string of the molecule is Cc1nc2ccccc2n1CC(O)CN1C(=O)c2ccccc2C1=O. The van der Waals surface area contributed by atoms with Crippen LogP contribution in [0.15, 0.2) is 48.5 Å². The first-order valence-electron chi connectivity index (χ1n) is 8.11. The van der Waals surface area contributed by atoms with Crippen LogP contribution in [0.1, 0.15) is 26.5 Å². The third-order valence-corrected chi connectivity index (χ3v) is 4.51. The molecule has 1 aliphatic heterocycles. The molecule has 1 aliphatic rings. The van der Waals surface area contributed by atoms with E-state index < -0.39 is 6.10 Å². The average molecular weight is 335 g/mol. The predicted molar refractivity (Wildman–Crippen MR) is 92.3 cm³/mol. The number of imide groups is 1. The zero-order valence-electron chi connectivity index (χ0n) is 13.7. The van der Waals surface area contributed by atoms with Crippen LogP contribution in [0, 0.1) is 6.92 Å². The molecule has 25 heavy (non-hydrogen) atoms. The number of hydrogen-bond acceptors (Lipinski definition) is 4. The molecule has 0 saturated heterocycles. The van der Waals surface area contributed by atoms with Crippen molar-refractivity contribution in [2.45, 2.75) is 19.6 Å². The van der Waals surface area contributed by atoms with Crippen molar-refractivity contribution in [2.75, 3.05) is 6.54 Å². The Morgan fingerprint density at radius 3 is 2.24 bits per heavy atom. The molecule has 1 unspecified atom stereocenters. The van der Waals surface area contributed by atoms with Gasteiger partial charge in [-0.3, -0.25) is 14.5 Å². The van der Waals surface area contributed by atoms with Gasteiger partial charge in [-0.1, -0.05) is 24.3 Å². The van der Waals surface area contributed by atoms with Gasteiger partial charge in [0.15, 0.2) is 0 Å². The summed E-state index contributed by atoms with van der Waals surface area (Å²) in [6.45, 7) is 2.09. The number of nitrogens with zero attached hydrogens (tertiary/aromatic N) is 3. The molecule has 0 saturated carbocycles. The van der Waals surface area contributed by atoms with Gasteiger partial charge in [0.25, 0.3) is 11.8 Å². The first-order valence-corrected chi connectivity index (χ1v) is 8.11. The summed E-state index contributed by atoms with van der Waals surface area (Å²) in [4.78, 5) is 30.4. The van der Waals surface area contributed by atoms with E-state index in [0.29, 0.717) is 11.1 Å². The van der Waals surface area contributed by atoms with Crippen LogP contribution in [0.5, 0.6) is 0 Å². The van der Waals surface area contributed by atoms with Gasteiger partial charge in [-0.2, -0.15) is 0 Å². The number of carbonyl (C=O) groups is 2. The van der Waals surface area contributed by atoms with Crippen LogP contribution in [-0.2, 0) is 6.54 Å². The molecule has 0 bridgehead atoms. The van der Waals surface area contributed by atoms with Crippen molar-refractivity contribution >= 4 is 22.8 Å². The minimum Gasteiger partial charge on any atom is -0.389 e. The number of hydrogen-bond donors (Lipinski definition) is 1. The van der Waals surface area contributed by atoms with Gasteiger partial charge in [0.1, 0.15) is 5.82 Å². The van der Waals surface area contributed by atoms with Crippen molar-refractivity contribution in [2.24, 2.45) is 0 Å². The third kappa shape index (κ3) is 2.51. The maximum Gasteiger partial charge on any atom is 0.261 e. The Morgan fingerprint density at radius 1 is 0.960 bits per heavy atom. The summed E-state index contributed by atoms with van der Waals surface area (Å²) in [7, 11) is 0.